The van der Waals surface area contributed by atoms with Crippen molar-refractivity contribution in [2.45, 2.75) is 25.8 Å². The monoisotopic (exact) mass is 386 g/mol. The SMILES string of the molecule is I.NC(=NCc1ccnc2ccnn12)NCC1CCC1. The van der Waals surface area contributed by atoms with Gasteiger partial charge in [-0.2, -0.15) is 5.10 Å². The third kappa shape index (κ3) is 3.38. The first-order valence-electron chi connectivity index (χ1n) is 6.64. The van der Waals surface area contributed by atoms with Crippen molar-refractivity contribution in [2.24, 2.45) is 16.6 Å². The molecular weight excluding hydrogens is 367 g/mol. The van der Waals surface area contributed by atoms with Crippen molar-refractivity contribution >= 4 is 35.6 Å². The minimum Gasteiger partial charge on any atom is -0.370 e. The number of fused-ring (bicyclic) bond motifs is 1. The normalized spacial score (nSPS) is 15.7. The van der Waals surface area contributed by atoms with E-state index in [2.05, 4.69) is 20.4 Å². The molecule has 0 saturated heterocycles. The van der Waals surface area contributed by atoms with Gasteiger partial charge in [0.2, 0.25) is 0 Å². The van der Waals surface area contributed by atoms with Gasteiger partial charge in [-0.05, 0) is 24.8 Å². The van der Waals surface area contributed by atoms with E-state index in [9.17, 15) is 0 Å². The van der Waals surface area contributed by atoms with Crippen molar-refractivity contribution in [3.63, 3.8) is 0 Å². The van der Waals surface area contributed by atoms with E-state index >= 15 is 0 Å². The Hall–Kier alpha value is -1.38. The van der Waals surface area contributed by atoms with Gasteiger partial charge in [0, 0.05) is 18.8 Å². The second kappa shape index (κ2) is 6.87. The maximum Gasteiger partial charge on any atom is 0.188 e. The van der Waals surface area contributed by atoms with Crippen LogP contribution in [0.1, 0.15) is 25.0 Å². The van der Waals surface area contributed by atoms with Gasteiger partial charge in [0.05, 0.1) is 18.4 Å². The number of guanidine groups is 1. The maximum atomic E-state index is 5.86. The molecule has 2 aromatic heterocycles. The summed E-state index contributed by atoms with van der Waals surface area (Å²) in [4.78, 5) is 8.56. The number of hydrogen-bond donors (Lipinski definition) is 2. The summed E-state index contributed by atoms with van der Waals surface area (Å²) >= 11 is 0. The molecule has 0 spiro atoms. The second-order valence-corrected chi connectivity index (χ2v) is 4.92. The molecule has 2 aromatic rings. The molecule has 1 fully saturated rings. The molecule has 1 aliphatic rings. The van der Waals surface area contributed by atoms with Crippen molar-refractivity contribution in [3.8, 4) is 0 Å². The number of nitrogens with two attached hydrogens (primary N) is 1. The van der Waals surface area contributed by atoms with Crippen LogP contribution in [-0.2, 0) is 6.54 Å². The Balaban J connectivity index is 0.00000147. The van der Waals surface area contributed by atoms with Gasteiger partial charge in [0.1, 0.15) is 0 Å². The number of rotatable bonds is 4. The van der Waals surface area contributed by atoms with E-state index in [1.165, 1.54) is 19.3 Å². The lowest BCUT2D eigenvalue weighted by Crippen LogP contribution is -2.37. The summed E-state index contributed by atoms with van der Waals surface area (Å²) in [6.45, 7) is 1.44. The zero-order valence-corrected chi connectivity index (χ0v) is 13.5. The highest BCUT2D eigenvalue weighted by Crippen LogP contribution is 2.24. The standard InChI is InChI=1S/C13H18N6.HI/c14-13(16-8-10-2-1-3-10)17-9-11-4-6-15-12-5-7-18-19(11)12;/h4-7,10H,1-3,8-9H2,(H3,14,16,17);1H. The van der Waals surface area contributed by atoms with Crippen LogP contribution in [0.3, 0.4) is 0 Å². The fourth-order valence-electron chi connectivity index (χ4n) is 2.17. The Morgan fingerprint density at radius 1 is 1.40 bits per heavy atom. The summed E-state index contributed by atoms with van der Waals surface area (Å²) in [6, 6.07) is 3.77. The van der Waals surface area contributed by atoms with Crippen LogP contribution < -0.4 is 11.1 Å². The fraction of sp³-hybridized carbons (Fsp3) is 0.462. The smallest absolute Gasteiger partial charge is 0.188 e. The highest BCUT2D eigenvalue weighted by molar-refractivity contribution is 14.0. The van der Waals surface area contributed by atoms with Crippen molar-refractivity contribution in [1.29, 1.82) is 0 Å². The summed E-state index contributed by atoms with van der Waals surface area (Å²) in [7, 11) is 0. The predicted octanol–water partition coefficient (Wildman–Crippen LogP) is 1.55. The van der Waals surface area contributed by atoms with E-state index in [4.69, 9.17) is 5.73 Å². The Morgan fingerprint density at radius 2 is 2.25 bits per heavy atom. The molecule has 0 aliphatic heterocycles. The predicted molar refractivity (Wildman–Crippen MR) is 89.1 cm³/mol. The molecule has 0 atom stereocenters. The lowest BCUT2D eigenvalue weighted by Gasteiger charge is -2.25. The largest absolute Gasteiger partial charge is 0.370 e. The molecule has 108 valence electrons. The van der Waals surface area contributed by atoms with Crippen molar-refractivity contribution in [1.82, 2.24) is 19.9 Å². The number of halogens is 1. The molecule has 20 heavy (non-hydrogen) atoms. The summed E-state index contributed by atoms with van der Waals surface area (Å²) in [5.41, 5.74) is 7.66. The number of nitrogens with zero attached hydrogens (tertiary/aromatic N) is 4. The van der Waals surface area contributed by atoms with Crippen molar-refractivity contribution in [3.05, 3.63) is 30.2 Å². The lowest BCUT2D eigenvalue weighted by molar-refractivity contribution is 0.315. The van der Waals surface area contributed by atoms with Gasteiger partial charge in [0.25, 0.3) is 0 Å². The van der Waals surface area contributed by atoms with Crippen LogP contribution in [0.4, 0.5) is 0 Å². The quantitative estimate of drug-likeness (QED) is 0.475. The molecule has 0 radical (unpaired) electrons. The first-order valence-corrected chi connectivity index (χ1v) is 6.64. The molecule has 0 amide bonds. The number of aromatic nitrogens is 3. The molecule has 0 bridgehead atoms. The average molecular weight is 386 g/mol. The fourth-order valence-corrected chi connectivity index (χ4v) is 2.17. The first-order chi connectivity index (χ1) is 9.33. The Labute approximate surface area is 134 Å². The van der Waals surface area contributed by atoms with Crippen LogP contribution in [0, 0.1) is 5.92 Å². The summed E-state index contributed by atoms with van der Waals surface area (Å²) in [5.74, 6) is 1.27. The summed E-state index contributed by atoms with van der Waals surface area (Å²) in [5, 5.41) is 7.40. The molecular formula is C13H19IN6. The molecule has 3 rings (SSSR count). The van der Waals surface area contributed by atoms with E-state index in [-0.39, 0.29) is 24.0 Å². The van der Waals surface area contributed by atoms with Crippen LogP contribution in [0.15, 0.2) is 29.5 Å². The third-order valence-corrected chi connectivity index (χ3v) is 3.58. The minimum atomic E-state index is 0. The average Bonchev–Trinajstić information content (AvgIpc) is 2.83. The third-order valence-electron chi connectivity index (χ3n) is 3.58. The molecule has 1 saturated carbocycles. The van der Waals surface area contributed by atoms with Crippen LogP contribution in [0.2, 0.25) is 0 Å². The first kappa shape index (κ1) is 15.0. The zero-order chi connectivity index (χ0) is 13.1. The van der Waals surface area contributed by atoms with Gasteiger partial charge in [-0.15, -0.1) is 24.0 Å². The Morgan fingerprint density at radius 3 is 3.00 bits per heavy atom. The van der Waals surface area contributed by atoms with E-state index in [0.717, 1.165) is 23.8 Å². The Kier molecular flexibility index (Phi) is 5.16. The van der Waals surface area contributed by atoms with E-state index in [1.807, 2.05) is 12.1 Å². The van der Waals surface area contributed by atoms with Gasteiger partial charge in [-0.3, -0.25) is 0 Å². The molecule has 3 N–H and O–H groups in total. The molecule has 0 aromatic carbocycles. The highest BCUT2D eigenvalue weighted by atomic mass is 127. The van der Waals surface area contributed by atoms with Crippen LogP contribution in [0.25, 0.3) is 5.65 Å². The zero-order valence-electron chi connectivity index (χ0n) is 11.2. The second-order valence-electron chi connectivity index (χ2n) is 4.92. The van der Waals surface area contributed by atoms with Crippen molar-refractivity contribution < 1.29 is 0 Å². The van der Waals surface area contributed by atoms with Gasteiger partial charge in [-0.25, -0.2) is 14.5 Å². The summed E-state index contributed by atoms with van der Waals surface area (Å²) < 4.78 is 1.78. The molecule has 7 heteroatoms. The van der Waals surface area contributed by atoms with Crippen LogP contribution in [-0.4, -0.2) is 27.1 Å². The Bertz CT molecular complexity index is 589. The maximum absolute atomic E-state index is 5.86. The topological polar surface area (TPSA) is 80.6 Å². The van der Waals surface area contributed by atoms with E-state index in [0.29, 0.717) is 12.5 Å². The van der Waals surface area contributed by atoms with Crippen LogP contribution in [0.5, 0.6) is 0 Å². The van der Waals surface area contributed by atoms with E-state index in [1.54, 1.807) is 16.9 Å². The molecule has 0 unspecified atom stereocenters. The minimum absolute atomic E-state index is 0. The van der Waals surface area contributed by atoms with Crippen molar-refractivity contribution in [2.75, 3.05) is 6.54 Å². The molecule has 6 nitrogen and oxygen atoms in total. The van der Waals surface area contributed by atoms with E-state index < -0.39 is 0 Å². The highest BCUT2D eigenvalue weighted by Gasteiger charge is 2.16. The number of nitrogens with one attached hydrogen (secondary N) is 1. The number of aliphatic imine (C=N–C) groups is 1. The van der Waals surface area contributed by atoms with Gasteiger partial charge >= 0.3 is 0 Å². The summed E-state index contributed by atoms with van der Waals surface area (Å²) in [6.07, 6.45) is 7.45. The van der Waals surface area contributed by atoms with Gasteiger partial charge in [0.15, 0.2) is 11.6 Å². The van der Waals surface area contributed by atoms with Gasteiger partial charge in [-0.1, -0.05) is 6.42 Å². The van der Waals surface area contributed by atoms with Crippen LogP contribution >= 0.6 is 24.0 Å². The number of hydrogen-bond acceptors (Lipinski definition) is 3. The lowest BCUT2D eigenvalue weighted by atomic mass is 9.85. The molecule has 2 heterocycles. The molecule has 1 aliphatic carbocycles. The van der Waals surface area contributed by atoms with Gasteiger partial charge < -0.3 is 11.1 Å².